The smallest absolute Gasteiger partial charge is 0.303 e. The van der Waals surface area contributed by atoms with E-state index < -0.39 is 5.97 Å². The summed E-state index contributed by atoms with van der Waals surface area (Å²) in [4.78, 5) is 11.6. The minimum absolute atomic E-state index is 0.0994. The predicted molar refractivity (Wildman–Crippen MR) is 70.0 cm³/mol. The lowest BCUT2D eigenvalue weighted by Gasteiger charge is -1.98. The summed E-state index contributed by atoms with van der Waals surface area (Å²) in [5.74, 6) is -0.0915. The van der Waals surface area contributed by atoms with Crippen LogP contribution in [-0.4, -0.2) is 11.1 Å². The summed E-state index contributed by atoms with van der Waals surface area (Å²) in [6.07, 6.45) is 0.534. The molecule has 2 aromatic rings. The molecule has 0 spiro atoms. The summed E-state index contributed by atoms with van der Waals surface area (Å²) in [5.41, 5.74) is 1.22. The van der Waals surface area contributed by atoms with E-state index in [0.717, 1.165) is 9.99 Å². The van der Waals surface area contributed by atoms with E-state index in [2.05, 4.69) is 12.1 Å². The molecule has 1 heterocycles. The molecule has 1 N–H and O–H groups in total. The van der Waals surface area contributed by atoms with Gasteiger partial charge in [0.15, 0.2) is 5.09 Å². The van der Waals surface area contributed by atoms with Gasteiger partial charge >= 0.3 is 5.97 Å². The van der Waals surface area contributed by atoms with Gasteiger partial charge in [-0.2, -0.15) is 0 Å². The number of hydrogen-bond acceptors (Lipinski definition) is 3. The molecule has 0 aliphatic rings. The van der Waals surface area contributed by atoms with Crippen LogP contribution in [0.25, 0.3) is 0 Å². The number of aliphatic carboxylic acids is 1. The maximum absolute atomic E-state index is 10.5. The zero-order valence-electron chi connectivity index (χ0n) is 10.1. The van der Waals surface area contributed by atoms with Crippen LogP contribution in [0.2, 0.25) is 0 Å². The summed E-state index contributed by atoms with van der Waals surface area (Å²) in [6.45, 7) is 2.05. The van der Waals surface area contributed by atoms with Gasteiger partial charge in [0.1, 0.15) is 5.76 Å². The Labute approximate surface area is 110 Å². The average Bonchev–Trinajstić information content (AvgIpc) is 2.77. The third-order valence-corrected chi connectivity index (χ3v) is 3.39. The first kappa shape index (κ1) is 12.8. The van der Waals surface area contributed by atoms with Crippen LogP contribution < -0.4 is 0 Å². The van der Waals surface area contributed by atoms with Crippen LogP contribution in [0, 0.1) is 6.92 Å². The Balaban J connectivity index is 1.97. The second kappa shape index (κ2) is 5.78. The van der Waals surface area contributed by atoms with Crippen molar-refractivity contribution in [3.05, 3.63) is 47.7 Å². The van der Waals surface area contributed by atoms with Crippen LogP contribution >= 0.6 is 11.8 Å². The third kappa shape index (κ3) is 3.67. The number of furan rings is 1. The molecular formula is C14H14O3S. The quantitative estimate of drug-likeness (QED) is 0.891. The Morgan fingerprint density at radius 3 is 2.61 bits per heavy atom. The standard InChI is InChI=1S/C14H14O3S/c1-10-2-6-12(7-3-10)18-14-9-5-11(17-14)4-8-13(15)16/h2-3,5-7,9H,4,8H2,1H3,(H,15,16). The molecule has 3 nitrogen and oxygen atoms in total. The van der Waals surface area contributed by atoms with Crippen LogP contribution in [0.5, 0.6) is 0 Å². The molecule has 1 aromatic heterocycles. The van der Waals surface area contributed by atoms with Crippen molar-refractivity contribution in [1.82, 2.24) is 0 Å². The lowest BCUT2D eigenvalue weighted by atomic mass is 10.2. The van der Waals surface area contributed by atoms with Gasteiger partial charge in [-0.05, 0) is 31.2 Å². The molecule has 0 radical (unpaired) electrons. The molecule has 2 rings (SSSR count). The molecule has 0 saturated carbocycles. The number of carboxylic acid groups (broad SMARTS) is 1. The molecule has 0 fully saturated rings. The minimum Gasteiger partial charge on any atom is -0.481 e. The zero-order chi connectivity index (χ0) is 13.0. The molecule has 0 saturated heterocycles. The molecule has 0 aliphatic carbocycles. The molecule has 18 heavy (non-hydrogen) atoms. The summed E-state index contributed by atoms with van der Waals surface area (Å²) < 4.78 is 5.57. The second-order valence-electron chi connectivity index (χ2n) is 4.03. The van der Waals surface area contributed by atoms with E-state index in [9.17, 15) is 4.79 Å². The number of rotatable bonds is 5. The molecule has 0 amide bonds. The van der Waals surface area contributed by atoms with Gasteiger partial charge in [0.2, 0.25) is 0 Å². The van der Waals surface area contributed by atoms with Crippen molar-refractivity contribution in [3.8, 4) is 0 Å². The van der Waals surface area contributed by atoms with Crippen LogP contribution in [0.4, 0.5) is 0 Å². The van der Waals surface area contributed by atoms with E-state index in [1.807, 2.05) is 31.2 Å². The number of carboxylic acids is 1. The van der Waals surface area contributed by atoms with Gasteiger partial charge in [-0.25, -0.2) is 0 Å². The van der Waals surface area contributed by atoms with Crippen molar-refractivity contribution in [3.63, 3.8) is 0 Å². The fraction of sp³-hybridized carbons (Fsp3) is 0.214. The van der Waals surface area contributed by atoms with Crippen molar-refractivity contribution in [2.45, 2.75) is 29.8 Å². The first-order valence-electron chi connectivity index (χ1n) is 5.68. The van der Waals surface area contributed by atoms with Crippen LogP contribution in [0.1, 0.15) is 17.7 Å². The second-order valence-corrected chi connectivity index (χ2v) is 5.11. The number of benzene rings is 1. The van der Waals surface area contributed by atoms with E-state index >= 15 is 0 Å². The van der Waals surface area contributed by atoms with E-state index in [4.69, 9.17) is 9.52 Å². The number of aryl methyl sites for hydroxylation is 2. The van der Waals surface area contributed by atoms with Gasteiger partial charge in [0.25, 0.3) is 0 Å². The van der Waals surface area contributed by atoms with Crippen molar-refractivity contribution >= 4 is 17.7 Å². The molecule has 0 unspecified atom stereocenters. The Bertz CT molecular complexity index is 528. The summed E-state index contributed by atoms with van der Waals surface area (Å²) in [7, 11) is 0. The average molecular weight is 262 g/mol. The maximum Gasteiger partial charge on any atom is 0.303 e. The van der Waals surface area contributed by atoms with Gasteiger partial charge in [0.05, 0.1) is 6.42 Å². The van der Waals surface area contributed by atoms with Crippen molar-refractivity contribution in [2.24, 2.45) is 0 Å². The largest absolute Gasteiger partial charge is 0.481 e. The molecule has 0 bridgehead atoms. The highest BCUT2D eigenvalue weighted by Gasteiger charge is 2.06. The van der Waals surface area contributed by atoms with E-state index in [-0.39, 0.29) is 6.42 Å². The van der Waals surface area contributed by atoms with Gasteiger partial charge < -0.3 is 9.52 Å². The lowest BCUT2D eigenvalue weighted by molar-refractivity contribution is -0.137. The molecule has 94 valence electrons. The van der Waals surface area contributed by atoms with Crippen molar-refractivity contribution < 1.29 is 14.3 Å². The van der Waals surface area contributed by atoms with Gasteiger partial charge in [-0.3, -0.25) is 4.79 Å². The Hall–Kier alpha value is -1.68. The third-order valence-electron chi connectivity index (χ3n) is 2.46. The van der Waals surface area contributed by atoms with Crippen LogP contribution in [0.3, 0.4) is 0 Å². The van der Waals surface area contributed by atoms with Gasteiger partial charge in [-0.15, -0.1) is 0 Å². The number of hydrogen-bond donors (Lipinski definition) is 1. The van der Waals surface area contributed by atoms with E-state index in [1.54, 1.807) is 0 Å². The SMILES string of the molecule is Cc1ccc(Sc2ccc(CCC(=O)O)o2)cc1. The first-order valence-corrected chi connectivity index (χ1v) is 6.50. The fourth-order valence-corrected chi connectivity index (χ4v) is 2.29. The number of carbonyl (C=O) groups is 1. The lowest BCUT2D eigenvalue weighted by Crippen LogP contribution is -1.95. The molecule has 0 atom stereocenters. The first-order chi connectivity index (χ1) is 8.63. The van der Waals surface area contributed by atoms with Crippen LogP contribution in [-0.2, 0) is 11.2 Å². The Morgan fingerprint density at radius 1 is 1.22 bits per heavy atom. The molecule has 4 heteroatoms. The van der Waals surface area contributed by atoms with Crippen molar-refractivity contribution in [2.75, 3.05) is 0 Å². The Morgan fingerprint density at radius 2 is 1.94 bits per heavy atom. The Kier molecular flexibility index (Phi) is 4.10. The maximum atomic E-state index is 10.5. The normalized spacial score (nSPS) is 10.5. The molecule has 0 aliphatic heterocycles. The zero-order valence-corrected chi connectivity index (χ0v) is 10.9. The van der Waals surface area contributed by atoms with Gasteiger partial charge in [0, 0.05) is 11.3 Å². The van der Waals surface area contributed by atoms with E-state index in [0.29, 0.717) is 12.2 Å². The van der Waals surface area contributed by atoms with Gasteiger partial charge in [-0.1, -0.05) is 29.5 Å². The van der Waals surface area contributed by atoms with Crippen LogP contribution in [0.15, 0.2) is 50.8 Å². The highest BCUT2D eigenvalue weighted by molar-refractivity contribution is 7.99. The monoisotopic (exact) mass is 262 g/mol. The minimum atomic E-state index is -0.806. The molecule has 1 aromatic carbocycles. The topological polar surface area (TPSA) is 50.4 Å². The fourth-order valence-electron chi connectivity index (χ4n) is 1.50. The summed E-state index contributed by atoms with van der Waals surface area (Å²) >= 11 is 1.54. The summed E-state index contributed by atoms with van der Waals surface area (Å²) in [5, 5.41) is 9.39. The predicted octanol–water partition coefficient (Wildman–Crippen LogP) is 3.76. The van der Waals surface area contributed by atoms with E-state index in [1.165, 1.54) is 17.3 Å². The highest BCUT2D eigenvalue weighted by atomic mass is 32.2. The summed E-state index contributed by atoms with van der Waals surface area (Å²) in [6, 6.07) is 11.9. The molecular weight excluding hydrogens is 248 g/mol. The van der Waals surface area contributed by atoms with Crippen molar-refractivity contribution in [1.29, 1.82) is 0 Å². The highest BCUT2D eigenvalue weighted by Crippen LogP contribution is 2.29.